The van der Waals surface area contributed by atoms with Crippen molar-refractivity contribution in [2.75, 3.05) is 31.6 Å². The molecule has 0 radical (unpaired) electrons. The summed E-state index contributed by atoms with van der Waals surface area (Å²) in [6.07, 6.45) is 4.34. The number of anilines is 1. The van der Waals surface area contributed by atoms with Gasteiger partial charge in [-0.05, 0) is 68.4 Å². The number of aromatic amines is 1. The van der Waals surface area contributed by atoms with Crippen LogP contribution in [0.2, 0.25) is 10.0 Å². The minimum Gasteiger partial charge on any atom is -0.476 e. The first-order chi connectivity index (χ1) is 23.4. The highest BCUT2D eigenvalue weighted by atomic mass is 35.5. The number of hydrogen-bond donors (Lipinski definition) is 2. The number of hydrogen-bond acceptors (Lipinski definition) is 5. The summed E-state index contributed by atoms with van der Waals surface area (Å²) in [5.41, 5.74) is 5.81. The summed E-state index contributed by atoms with van der Waals surface area (Å²) in [4.78, 5) is 29.5. The van der Waals surface area contributed by atoms with Crippen LogP contribution in [0.1, 0.15) is 49.3 Å². The van der Waals surface area contributed by atoms with Gasteiger partial charge in [-0.1, -0.05) is 85.6 Å². The van der Waals surface area contributed by atoms with E-state index in [0.717, 1.165) is 59.5 Å². The summed E-state index contributed by atoms with van der Waals surface area (Å²) in [6, 6.07) is 26.8. The zero-order valence-electron chi connectivity index (χ0n) is 27.2. The maximum atomic E-state index is 14.4. The van der Waals surface area contributed by atoms with Crippen LogP contribution in [-0.4, -0.2) is 56.6 Å². The van der Waals surface area contributed by atoms with Gasteiger partial charge in [-0.25, -0.2) is 9.97 Å². The Bertz CT molecular complexity index is 2000. The molecular formula is C38H38Cl2N6O2. The predicted octanol–water partition coefficient (Wildman–Crippen LogP) is 9.37. The summed E-state index contributed by atoms with van der Waals surface area (Å²) in [5.74, 6) is 0.0294. The molecular weight excluding hydrogens is 643 g/mol. The molecule has 3 aromatic carbocycles. The Morgan fingerprint density at radius 1 is 0.958 bits per heavy atom. The van der Waals surface area contributed by atoms with E-state index in [2.05, 4.69) is 45.5 Å². The molecule has 0 saturated heterocycles. The number of rotatable bonds is 13. The highest BCUT2D eigenvalue weighted by molar-refractivity contribution is 6.31. The summed E-state index contributed by atoms with van der Waals surface area (Å²) >= 11 is 12.7. The summed E-state index contributed by atoms with van der Waals surface area (Å²) in [6.45, 7) is 9.79. The lowest BCUT2D eigenvalue weighted by Crippen LogP contribution is -2.25. The molecule has 0 spiro atoms. The van der Waals surface area contributed by atoms with Crippen LogP contribution in [0.4, 0.5) is 5.69 Å². The second-order valence-electron chi connectivity index (χ2n) is 11.5. The van der Waals surface area contributed by atoms with Gasteiger partial charge in [0.15, 0.2) is 0 Å². The van der Waals surface area contributed by atoms with Crippen LogP contribution >= 0.6 is 23.2 Å². The minimum absolute atomic E-state index is 0.134. The third-order valence-corrected chi connectivity index (χ3v) is 9.09. The van der Waals surface area contributed by atoms with E-state index in [0.29, 0.717) is 39.5 Å². The van der Waals surface area contributed by atoms with Crippen molar-refractivity contribution in [2.24, 2.45) is 0 Å². The lowest BCUT2D eigenvalue weighted by atomic mass is 9.99. The fourth-order valence-electron chi connectivity index (χ4n) is 5.98. The standard InChI is InChI=1S/C38H38Cl2N6O2/c1-4-45(5-2)21-10-22-48-38-31(13-9-20-41-38)44-37(47)35-33(30-19-18-29(40)23-32(30)43-35)36-34(27-11-7-6-8-12-27)42-24-46(36)25(3)26-14-16-28(39)17-15-26/h6-9,11-20,23-25,43H,4-5,10,21-22H2,1-3H3,(H,44,47). The topological polar surface area (TPSA) is 88.1 Å². The fourth-order valence-corrected chi connectivity index (χ4v) is 6.28. The van der Waals surface area contributed by atoms with Gasteiger partial charge in [0, 0.05) is 44.8 Å². The first-order valence-electron chi connectivity index (χ1n) is 16.2. The molecule has 0 bridgehead atoms. The van der Waals surface area contributed by atoms with E-state index in [1.165, 1.54) is 0 Å². The Labute approximate surface area is 290 Å². The van der Waals surface area contributed by atoms with E-state index in [1.54, 1.807) is 18.3 Å². The minimum atomic E-state index is -0.343. The number of imidazole rings is 1. The van der Waals surface area contributed by atoms with Crippen LogP contribution in [0, 0.1) is 0 Å². The Hall–Kier alpha value is -4.63. The van der Waals surface area contributed by atoms with E-state index in [4.69, 9.17) is 32.9 Å². The van der Waals surface area contributed by atoms with E-state index >= 15 is 0 Å². The van der Waals surface area contributed by atoms with E-state index in [1.807, 2.05) is 79.1 Å². The summed E-state index contributed by atoms with van der Waals surface area (Å²) in [5, 5.41) is 5.14. The first-order valence-corrected chi connectivity index (χ1v) is 16.9. The average Bonchev–Trinajstić information content (AvgIpc) is 3.71. The van der Waals surface area contributed by atoms with Crippen molar-refractivity contribution in [1.82, 2.24) is 24.4 Å². The van der Waals surface area contributed by atoms with Crippen LogP contribution in [0.5, 0.6) is 5.88 Å². The molecule has 0 fully saturated rings. The number of benzene rings is 3. The molecule has 0 aliphatic rings. The van der Waals surface area contributed by atoms with Crippen LogP contribution in [0.25, 0.3) is 33.4 Å². The first kappa shape index (κ1) is 33.3. The molecule has 246 valence electrons. The molecule has 6 rings (SSSR count). The van der Waals surface area contributed by atoms with E-state index < -0.39 is 0 Å². The van der Waals surface area contributed by atoms with Gasteiger partial charge < -0.3 is 24.5 Å². The normalized spacial score (nSPS) is 12.0. The third-order valence-electron chi connectivity index (χ3n) is 8.61. The van der Waals surface area contributed by atoms with Crippen LogP contribution in [-0.2, 0) is 0 Å². The molecule has 1 atom stereocenters. The van der Waals surface area contributed by atoms with Gasteiger partial charge in [-0.15, -0.1) is 0 Å². The fraction of sp³-hybridized carbons (Fsp3) is 0.237. The number of nitrogens with one attached hydrogen (secondary N) is 2. The van der Waals surface area contributed by atoms with Gasteiger partial charge in [0.2, 0.25) is 5.88 Å². The molecule has 3 aromatic heterocycles. The number of carbonyl (C=O) groups excluding carboxylic acids is 1. The van der Waals surface area contributed by atoms with Crippen molar-refractivity contribution < 1.29 is 9.53 Å². The molecule has 8 nitrogen and oxygen atoms in total. The van der Waals surface area contributed by atoms with Gasteiger partial charge in [-0.3, -0.25) is 4.79 Å². The number of carbonyl (C=O) groups is 1. The number of pyridine rings is 1. The van der Waals surface area contributed by atoms with Gasteiger partial charge in [-0.2, -0.15) is 0 Å². The molecule has 6 aromatic rings. The molecule has 0 aliphatic carbocycles. The third kappa shape index (κ3) is 7.11. The molecule has 48 heavy (non-hydrogen) atoms. The Balaban J connectivity index is 1.43. The lowest BCUT2D eigenvalue weighted by Gasteiger charge is -2.19. The van der Waals surface area contributed by atoms with Crippen molar-refractivity contribution in [3.8, 4) is 28.4 Å². The van der Waals surface area contributed by atoms with Crippen molar-refractivity contribution in [2.45, 2.75) is 33.2 Å². The quantitative estimate of drug-likeness (QED) is 0.119. The van der Waals surface area contributed by atoms with Gasteiger partial charge in [0.05, 0.1) is 30.4 Å². The Morgan fingerprint density at radius 2 is 1.71 bits per heavy atom. The SMILES string of the molecule is CCN(CC)CCCOc1ncccc1NC(=O)c1[nH]c2cc(Cl)ccc2c1-c1c(-c2ccccc2)ncn1C(C)c1ccc(Cl)cc1. The molecule has 1 unspecified atom stereocenters. The maximum Gasteiger partial charge on any atom is 0.272 e. The van der Waals surface area contributed by atoms with Gasteiger partial charge in [0.25, 0.3) is 5.91 Å². The van der Waals surface area contributed by atoms with Crippen LogP contribution in [0.15, 0.2) is 97.5 Å². The smallest absolute Gasteiger partial charge is 0.272 e. The summed E-state index contributed by atoms with van der Waals surface area (Å²) in [7, 11) is 0. The van der Waals surface area contributed by atoms with Crippen molar-refractivity contribution in [3.63, 3.8) is 0 Å². The molecule has 2 N–H and O–H groups in total. The van der Waals surface area contributed by atoms with Gasteiger partial charge in [0.1, 0.15) is 11.4 Å². The van der Waals surface area contributed by atoms with Crippen molar-refractivity contribution in [1.29, 1.82) is 0 Å². The van der Waals surface area contributed by atoms with Gasteiger partial charge >= 0.3 is 0 Å². The molecule has 3 heterocycles. The zero-order valence-corrected chi connectivity index (χ0v) is 28.7. The highest BCUT2D eigenvalue weighted by Crippen LogP contribution is 2.41. The number of ether oxygens (including phenoxy) is 1. The van der Waals surface area contributed by atoms with Crippen LogP contribution < -0.4 is 10.1 Å². The highest BCUT2D eigenvalue weighted by Gasteiger charge is 2.28. The number of H-pyrrole nitrogens is 1. The Kier molecular flexibility index (Phi) is 10.4. The monoisotopic (exact) mass is 680 g/mol. The number of amides is 1. The second-order valence-corrected chi connectivity index (χ2v) is 12.4. The summed E-state index contributed by atoms with van der Waals surface area (Å²) < 4.78 is 8.18. The second kappa shape index (κ2) is 15.1. The number of aromatic nitrogens is 4. The number of fused-ring (bicyclic) bond motifs is 1. The molecule has 0 aliphatic heterocycles. The van der Waals surface area contributed by atoms with Crippen molar-refractivity contribution >= 4 is 45.7 Å². The number of halogens is 2. The molecule has 10 heteroatoms. The molecule has 1 amide bonds. The lowest BCUT2D eigenvalue weighted by molar-refractivity contribution is 0.102. The average molecular weight is 682 g/mol. The Morgan fingerprint density at radius 3 is 2.46 bits per heavy atom. The van der Waals surface area contributed by atoms with E-state index in [-0.39, 0.29) is 11.9 Å². The zero-order chi connectivity index (χ0) is 33.6. The molecule has 0 saturated carbocycles. The maximum absolute atomic E-state index is 14.4. The largest absolute Gasteiger partial charge is 0.476 e. The van der Waals surface area contributed by atoms with Crippen LogP contribution in [0.3, 0.4) is 0 Å². The predicted molar refractivity (Wildman–Crippen MR) is 195 cm³/mol. The van der Waals surface area contributed by atoms with E-state index in [9.17, 15) is 4.79 Å². The number of nitrogens with zero attached hydrogens (tertiary/aromatic N) is 4. The van der Waals surface area contributed by atoms with Crippen molar-refractivity contribution in [3.05, 3.63) is 119 Å².